The highest BCUT2D eigenvalue weighted by Gasteiger charge is 2.52. The molecule has 3 aliphatic rings. The van der Waals surface area contributed by atoms with Crippen molar-refractivity contribution in [1.82, 2.24) is 15.1 Å². The lowest BCUT2D eigenvalue weighted by atomic mass is 9.78. The number of nitrogens with one attached hydrogen (secondary N) is 1. The number of carbonyl (C=O) groups excluding carboxylic acids is 2. The van der Waals surface area contributed by atoms with Crippen molar-refractivity contribution >= 4 is 11.9 Å². The van der Waals surface area contributed by atoms with E-state index in [-0.39, 0.29) is 11.9 Å². The zero-order valence-corrected chi connectivity index (χ0v) is 19.4. The number of hydrogen-bond acceptors (Lipinski definition) is 4. The SMILES string of the molecule is COc1ccc(CCC2CCN(CN3C(=O)NC4(CCc5ccccc5C4)C3=O)CC2)cc1. The van der Waals surface area contributed by atoms with Gasteiger partial charge in [0.05, 0.1) is 13.8 Å². The molecule has 5 rings (SSSR count). The van der Waals surface area contributed by atoms with Gasteiger partial charge >= 0.3 is 6.03 Å². The number of rotatable bonds is 6. The highest BCUT2D eigenvalue weighted by Crippen LogP contribution is 2.34. The van der Waals surface area contributed by atoms with Crippen molar-refractivity contribution in [2.24, 2.45) is 5.92 Å². The van der Waals surface area contributed by atoms with E-state index in [2.05, 4.69) is 34.5 Å². The smallest absolute Gasteiger partial charge is 0.326 e. The maximum Gasteiger partial charge on any atom is 0.326 e. The molecule has 2 fully saturated rings. The second-order valence-corrected chi connectivity index (χ2v) is 9.78. The number of piperidine rings is 1. The van der Waals surface area contributed by atoms with Gasteiger partial charge in [-0.05, 0) is 73.3 Å². The Balaban J connectivity index is 1.13. The van der Waals surface area contributed by atoms with Crippen molar-refractivity contribution in [1.29, 1.82) is 0 Å². The molecule has 2 aromatic rings. The van der Waals surface area contributed by atoms with Crippen molar-refractivity contribution in [2.75, 3.05) is 26.9 Å². The van der Waals surface area contributed by atoms with E-state index >= 15 is 0 Å². The summed E-state index contributed by atoms with van der Waals surface area (Å²) in [6, 6.07) is 16.3. The van der Waals surface area contributed by atoms with Crippen LogP contribution in [0.15, 0.2) is 48.5 Å². The van der Waals surface area contributed by atoms with Crippen LogP contribution in [0.2, 0.25) is 0 Å². The number of carbonyl (C=O) groups is 2. The minimum absolute atomic E-state index is 0.0522. The Morgan fingerprint density at radius 3 is 2.48 bits per heavy atom. The molecule has 0 saturated carbocycles. The third-order valence-corrected chi connectivity index (χ3v) is 7.73. The number of fused-ring (bicyclic) bond motifs is 1. The molecule has 1 atom stereocenters. The fourth-order valence-electron chi connectivity index (χ4n) is 5.61. The van der Waals surface area contributed by atoms with Gasteiger partial charge in [0, 0.05) is 19.5 Å². The maximum atomic E-state index is 13.4. The summed E-state index contributed by atoms with van der Waals surface area (Å²) in [5, 5.41) is 3.06. The molecular weight excluding hydrogens is 414 g/mol. The molecule has 1 N–H and O–H groups in total. The van der Waals surface area contributed by atoms with Crippen LogP contribution in [0.5, 0.6) is 5.75 Å². The number of benzene rings is 2. The summed E-state index contributed by atoms with van der Waals surface area (Å²) in [5.74, 6) is 1.53. The van der Waals surface area contributed by atoms with E-state index in [1.165, 1.54) is 28.0 Å². The van der Waals surface area contributed by atoms with E-state index in [0.717, 1.165) is 44.5 Å². The first-order chi connectivity index (χ1) is 16.1. The first-order valence-electron chi connectivity index (χ1n) is 12.1. The molecule has 2 heterocycles. The van der Waals surface area contributed by atoms with Crippen LogP contribution >= 0.6 is 0 Å². The molecule has 2 saturated heterocycles. The molecule has 1 aliphatic carbocycles. The van der Waals surface area contributed by atoms with Crippen LogP contribution in [-0.4, -0.2) is 54.1 Å². The zero-order chi connectivity index (χ0) is 22.8. The van der Waals surface area contributed by atoms with Gasteiger partial charge in [-0.3, -0.25) is 9.69 Å². The van der Waals surface area contributed by atoms with Gasteiger partial charge < -0.3 is 10.1 Å². The molecule has 6 heteroatoms. The zero-order valence-electron chi connectivity index (χ0n) is 19.4. The predicted octanol–water partition coefficient (Wildman–Crippen LogP) is 3.78. The van der Waals surface area contributed by atoms with Gasteiger partial charge in [0.15, 0.2) is 0 Å². The van der Waals surface area contributed by atoms with E-state index in [9.17, 15) is 9.59 Å². The van der Waals surface area contributed by atoms with E-state index < -0.39 is 5.54 Å². The number of nitrogens with zero attached hydrogens (tertiary/aromatic N) is 2. The third-order valence-electron chi connectivity index (χ3n) is 7.73. The van der Waals surface area contributed by atoms with Gasteiger partial charge in [0.25, 0.3) is 5.91 Å². The third kappa shape index (κ3) is 4.49. The van der Waals surface area contributed by atoms with Gasteiger partial charge in [0.1, 0.15) is 11.3 Å². The fraction of sp³-hybridized carbons (Fsp3) is 0.481. The molecule has 3 amide bonds. The predicted molar refractivity (Wildman–Crippen MR) is 127 cm³/mol. The molecule has 174 valence electrons. The molecule has 6 nitrogen and oxygen atoms in total. The lowest BCUT2D eigenvalue weighted by molar-refractivity contribution is -0.133. The number of amides is 3. The van der Waals surface area contributed by atoms with Gasteiger partial charge in [-0.1, -0.05) is 36.4 Å². The van der Waals surface area contributed by atoms with Crippen molar-refractivity contribution in [2.45, 2.75) is 50.5 Å². The highest BCUT2D eigenvalue weighted by molar-refractivity contribution is 6.07. The van der Waals surface area contributed by atoms with Crippen molar-refractivity contribution in [3.05, 3.63) is 65.2 Å². The van der Waals surface area contributed by atoms with Crippen LogP contribution in [0.3, 0.4) is 0 Å². The topological polar surface area (TPSA) is 61.9 Å². The Labute approximate surface area is 195 Å². The average molecular weight is 448 g/mol. The van der Waals surface area contributed by atoms with Crippen LogP contribution in [0.4, 0.5) is 4.79 Å². The number of aryl methyl sites for hydroxylation is 2. The molecule has 2 aromatic carbocycles. The molecule has 0 radical (unpaired) electrons. The van der Waals surface area contributed by atoms with Gasteiger partial charge in [-0.15, -0.1) is 0 Å². The average Bonchev–Trinajstić information content (AvgIpc) is 3.07. The van der Waals surface area contributed by atoms with Crippen LogP contribution in [0.25, 0.3) is 0 Å². The Morgan fingerprint density at radius 1 is 1.03 bits per heavy atom. The summed E-state index contributed by atoms with van der Waals surface area (Å²) in [6.07, 6.45) is 6.57. The first kappa shape index (κ1) is 22.0. The summed E-state index contributed by atoms with van der Waals surface area (Å²) in [5.41, 5.74) is 3.05. The number of urea groups is 1. The second-order valence-electron chi connectivity index (χ2n) is 9.78. The lowest BCUT2D eigenvalue weighted by Gasteiger charge is -2.35. The van der Waals surface area contributed by atoms with Crippen LogP contribution in [0, 0.1) is 5.92 Å². The minimum Gasteiger partial charge on any atom is -0.497 e. The number of imide groups is 1. The van der Waals surface area contributed by atoms with E-state index in [1.54, 1.807) is 7.11 Å². The fourth-order valence-corrected chi connectivity index (χ4v) is 5.61. The Bertz CT molecular complexity index is 1010. The largest absolute Gasteiger partial charge is 0.497 e. The molecular formula is C27H33N3O3. The summed E-state index contributed by atoms with van der Waals surface area (Å²) in [6.45, 7) is 2.26. The molecule has 2 aliphatic heterocycles. The number of methoxy groups -OCH3 is 1. The minimum atomic E-state index is -0.762. The van der Waals surface area contributed by atoms with Crippen molar-refractivity contribution < 1.29 is 14.3 Å². The monoisotopic (exact) mass is 447 g/mol. The van der Waals surface area contributed by atoms with Crippen molar-refractivity contribution in [3.63, 3.8) is 0 Å². The summed E-state index contributed by atoms with van der Waals surface area (Å²) in [7, 11) is 1.69. The van der Waals surface area contributed by atoms with Crippen LogP contribution in [-0.2, 0) is 24.1 Å². The number of hydrogen-bond donors (Lipinski definition) is 1. The molecule has 33 heavy (non-hydrogen) atoms. The molecule has 0 bridgehead atoms. The summed E-state index contributed by atoms with van der Waals surface area (Å²) >= 11 is 0. The summed E-state index contributed by atoms with van der Waals surface area (Å²) < 4.78 is 5.24. The normalized spacial score (nSPS) is 23.6. The van der Waals surface area contributed by atoms with E-state index in [0.29, 0.717) is 25.4 Å². The van der Waals surface area contributed by atoms with Gasteiger partial charge in [-0.2, -0.15) is 0 Å². The Kier molecular flexibility index (Phi) is 6.11. The highest BCUT2D eigenvalue weighted by atomic mass is 16.5. The van der Waals surface area contributed by atoms with E-state index in [1.807, 2.05) is 24.3 Å². The number of ether oxygens (including phenoxy) is 1. The van der Waals surface area contributed by atoms with Gasteiger partial charge in [0.2, 0.25) is 0 Å². The quantitative estimate of drug-likeness (QED) is 0.685. The van der Waals surface area contributed by atoms with Crippen LogP contribution < -0.4 is 10.1 Å². The molecule has 1 unspecified atom stereocenters. The maximum absolute atomic E-state index is 13.4. The molecule has 0 aromatic heterocycles. The first-order valence-corrected chi connectivity index (χ1v) is 12.1. The van der Waals surface area contributed by atoms with E-state index in [4.69, 9.17) is 4.74 Å². The molecule has 1 spiro atoms. The Morgan fingerprint density at radius 2 is 1.76 bits per heavy atom. The standard InChI is InChI=1S/C27H33N3O3/c1-33-24-10-8-20(9-11-24)6-7-21-13-16-29(17-14-21)19-30-25(31)27(28-26(30)32)15-12-22-4-2-3-5-23(22)18-27/h2-5,8-11,21H,6-7,12-19H2,1H3,(H,28,32). The van der Waals surface area contributed by atoms with Crippen LogP contribution in [0.1, 0.15) is 42.4 Å². The second kappa shape index (κ2) is 9.18. The Hall–Kier alpha value is -2.86. The summed E-state index contributed by atoms with van der Waals surface area (Å²) in [4.78, 5) is 29.8. The van der Waals surface area contributed by atoms with Crippen molar-refractivity contribution in [3.8, 4) is 5.75 Å². The number of likely N-dealkylation sites (tertiary alicyclic amines) is 1. The lowest BCUT2D eigenvalue weighted by Crippen LogP contribution is -2.52. The van der Waals surface area contributed by atoms with Gasteiger partial charge in [-0.25, -0.2) is 9.69 Å².